The quantitative estimate of drug-likeness (QED) is 0.791. The molecule has 0 aliphatic carbocycles. The summed E-state index contributed by atoms with van der Waals surface area (Å²) in [5.41, 5.74) is 1.45. The van der Waals surface area contributed by atoms with Crippen molar-refractivity contribution in [2.45, 2.75) is 19.4 Å². The van der Waals surface area contributed by atoms with Gasteiger partial charge in [0.25, 0.3) is 0 Å². The first-order valence-electron chi connectivity index (χ1n) is 6.81. The van der Waals surface area contributed by atoms with Gasteiger partial charge < -0.3 is 9.64 Å². The molecule has 1 aliphatic rings. The number of morpholine rings is 1. The van der Waals surface area contributed by atoms with Gasteiger partial charge in [-0.25, -0.2) is 0 Å². The minimum absolute atomic E-state index is 0.00545. The number of carbonyl (C=O) groups is 1. The normalized spacial score (nSPS) is 19.0. The molecule has 2 rings (SSSR count). The number of nitriles is 1. The van der Waals surface area contributed by atoms with Gasteiger partial charge in [0.05, 0.1) is 24.3 Å². The van der Waals surface area contributed by atoms with Crippen LogP contribution in [0.1, 0.15) is 24.5 Å². The summed E-state index contributed by atoms with van der Waals surface area (Å²) in [6, 6.07) is 9.27. The summed E-state index contributed by atoms with van der Waals surface area (Å²) < 4.78 is 5.55. The molecule has 0 bridgehead atoms. The Kier molecular flexibility index (Phi) is 4.91. The standard InChI is InChI=1S/C16H18N2O2/c1-2-15-12-18(8-9-20-15)16(19)7-6-13-4-3-5-14(10-13)11-17/h3-7,10,15H,2,8-9,12H2,1H3/b7-6+. The summed E-state index contributed by atoms with van der Waals surface area (Å²) in [4.78, 5) is 13.9. The predicted octanol–water partition coefficient (Wildman–Crippen LogP) is 2.21. The zero-order chi connectivity index (χ0) is 14.4. The molecule has 1 heterocycles. The molecule has 0 N–H and O–H groups in total. The highest BCUT2D eigenvalue weighted by molar-refractivity contribution is 5.91. The van der Waals surface area contributed by atoms with E-state index in [0.717, 1.165) is 12.0 Å². The Balaban J connectivity index is 1.99. The summed E-state index contributed by atoms with van der Waals surface area (Å²) in [5.74, 6) is -0.00545. The minimum atomic E-state index is -0.00545. The van der Waals surface area contributed by atoms with Crippen molar-refractivity contribution >= 4 is 12.0 Å². The van der Waals surface area contributed by atoms with Gasteiger partial charge in [-0.2, -0.15) is 5.26 Å². The van der Waals surface area contributed by atoms with Crippen LogP contribution in [0.15, 0.2) is 30.3 Å². The first kappa shape index (κ1) is 14.3. The van der Waals surface area contributed by atoms with Gasteiger partial charge in [0.1, 0.15) is 0 Å². The van der Waals surface area contributed by atoms with E-state index >= 15 is 0 Å². The molecule has 1 aromatic rings. The van der Waals surface area contributed by atoms with E-state index in [2.05, 4.69) is 13.0 Å². The van der Waals surface area contributed by atoms with Gasteiger partial charge in [-0.1, -0.05) is 19.1 Å². The molecule has 0 spiro atoms. The molecule has 1 fully saturated rings. The summed E-state index contributed by atoms with van der Waals surface area (Å²) in [7, 11) is 0. The molecule has 0 saturated carbocycles. The van der Waals surface area contributed by atoms with E-state index in [1.54, 1.807) is 24.3 Å². The van der Waals surface area contributed by atoms with Crippen LogP contribution in [-0.4, -0.2) is 36.6 Å². The summed E-state index contributed by atoms with van der Waals surface area (Å²) in [5, 5.41) is 8.84. The highest BCUT2D eigenvalue weighted by Crippen LogP contribution is 2.10. The van der Waals surface area contributed by atoms with Crippen molar-refractivity contribution in [3.63, 3.8) is 0 Å². The van der Waals surface area contributed by atoms with Crippen LogP contribution in [-0.2, 0) is 9.53 Å². The van der Waals surface area contributed by atoms with Crippen molar-refractivity contribution in [1.29, 1.82) is 5.26 Å². The van der Waals surface area contributed by atoms with Gasteiger partial charge >= 0.3 is 0 Å². The molecule has 1 amide bonds. The SMILES string of the molecule is CCC1CN(C(=O)/C=C/c2cccc(C#N)c2)CCO1. The minimum Gasteiger partial charge on any atom is -0.375 e. The van der Waals surface area contributed by atoms with Crippen molar-refractivity contribution in [3.05, 3.63) is 41.5 Å². The molecule has 1 aromatic carbocycles. The van der Waals surface area contributed by atoms with Crippen LogP contribution in [0.5, 0.6) is 0 Å². The topological polar surface area (TPSA) is 53.3 Å². The average Bonchev–Trinajstić information content (AvgIpc) is 2.52. The van der Waals surface area contributed by atoms with Gasteiger partial charge in [0.15, 0.2) is 0 Å². The lowest BCUT2D eigenvalue weighted by Gasteiger charge is -2.31. The molecule has 20 heavy (non-hydrogen) atoms. The maximum absolute atomic E-state index is 12.1. The Bertz CT molecular complexity index is 546. The largest absolute Gasteiger partial charge is 0.375 e. The second kappa shape index (κ2) is 6.88. The van der Waals surface area contributed by atoms with Gasteiger partial charge in [0.2, 0.25) is 5.91 Å². The van der Waals surface area contributed by atoms with Gasteiger partial charge in [-0.15, -0.1) is 0 Å². The van der Waals surface area contributed by atoms with Crippen LogP contribution in [0.4, 0.5) is 0 Å². The summed E-state index contributed by atoms with van der Waals surface area (Å²) in [6.45, 7) is 3.94. The summed E-state index contributed by atoms with van der Waals surface area (Å²) in [6.07, 6.45) is 4.37. The van der Waals surface area contributed by atoms with Crippen molar-refractivity contribution in [2.24, 2.45) is 0 Å². The highest BCUT2D eigenvalue weighted by Gasteiger charge is 2.21. The number of rotatable bonds is 3. The van der Waals surface area contributed by atoms with E-state index in [-0.39, 0.29) is 12.0 Å². The molecule has 1 unspecified atom stereocenters. The molecule has 0 radical (unpaired) electrons. The van der Waals surface area contributed by atoms with E-state index in [4.69, 9.17) is 10.00 Å². The molecule has 1 saturated heterocycles. The molecule has 4 heteroatoms. The molecular formula is C16H18N2O2. The van der Waals surface area contributed by atoms with E-state index in [9.17, 15) is 4.79 Å². The van der Waals surface area contributed by atoms with Crippen molar-refractivity contribution in [3.8, 4) is 6.07 Å². The third-order valence-electron chi connectivity index (χ3n) is 3.34. The van der Waals surface area contributed by atoms with Crippen LogP contribution in [0.2, 0.25) is 0 Å². The Hall–Kier alpha value is -2.12. The fraction of sp³-hybridized carbons (Fsp3) is 0.375. The maximum atomic E-state index is 12.1. The Morgan fingerprint density at radius 3 is 3.20 bits per heavy atom. The summed E-state index contributed by atoms with van der Waals surface area (Å²) >= 11 is 0. The zero-order valence-corrected chi connectivity index (χ0v) is 11.6. The average molecular weight is 270 g/mol. The third-order valence-corrected chi connectivity index (χ3v) is 3.34. The first-order valence-corrected chi connectivity index (χ1v) is 6.81. The van der Waals surface area contributed by atoms with Crippen LogP contribution in [0.25, 0.3) is 6.08 Å². The Morgan fingerprint density at radius 2 is 2.45 bits per heavy atom. The van der Waals surface area contributed by atoms with Crippen LogP contribution < -0.4 is 0 Å². The molecule has 4 nitrogen and oxygen atoms in total. The number of amides is 1. The molecule has 104 valence electrons. The van der Waals surface area contributed by atoms with Crippen molar-refractivity contribution < 1.29 is 9.53 Å². The lowest BCUT2D eigenvalue weighted by Crippen LogP contribution is -2.44. The number of benzene rings is 1. The van der Waals surface area contributed by atoms with Crippen LogP contribution >= 0.6 is 0 Å². The lowest BCUT2D eigenvalue weighted by atomic mass is 10.1. The monoisotopic (exact) mass is 270 g/mol. The second-order valence-corrected chi connectivity index (χ2v) is 4.76. The number of ether oxygens (including phenoxy) is 1. The van der Waals surface area contributed by atoms with Crippen LogP contribution in [0.3, 0.4) is 0 Å². The van der Waals surface area contributed by atoms with E-state index < -0.39 is 0 Å². The van der Waals surface area contributed by atoms with Gasteiger partial charge in [0, 0.05) is 19.2 Å². The molecular weight excluding hydrogens is 252 g/mol. The predicted molar refractivity (Wildman–Crippen MR) is 76.8 cm³/mol. The third kappa shape index (κ3) is 3.69. The smallest absolute Gasteiger partial charge is 0.246 e. The number of hydrogen-bond donors (Lipinski definition) is 0. The van der Waals surface area contributed by atoms with E-state index in [0.29, 0.717) is 25.3 Å². The zero-order valence-electron chi connectivity index (χ0n) is 11.6. The second-order valence-electron chi connectivity index (χ2n) is 4.76. The van der Waals surface area contributed by atoms with E-state index in [1.807, 2.05) is 17.0 Å². The van der Waals surface area contributed by atoms with Gasteiger partial charge in [-0.3, -0.25) is 4.79 Å². The maximum Gasteiger partial charge on any atom is 0.246 e. The highest BCUT2D eigenvalue weighted by atomic mass is 16.5. The molecule has 1 atom stereocenters. The van der Waals surface area contributed by atoms with Crippen molar-refractivity contribution in [2.75, 3.05) is 19.7 Å². The number of nitrogens with zero attached hydrogens (tertiary/aromatic N) is 2. The van der Waals surface area contributed by atoms with Crippen LogP contribution in [0, 0.1) is 11.3 Å². The van der Waals surface area contributed by atoms with E-state index in [1.165, 1.54) is 0 Å². The molecule has 0 aromatic heterocycles. The Morgan fingerprint density at radius 1 is 1.60 bits per heavy atom. The number of hydrogen-bond acceptors (Lipinski definition) is 3. The number of carbonyl (C=O) groups excluding carboxylic acids is 1. The Labute approximate surface area is 119 Å². The lowest BCUT2D eigenvalue weighted by molar-refractivity contribution is -0.133. The first-order chi connectivity index (χ1) is 9.72. The fourth-order valence-electron chi connectivity index (χ4n) is 2.15. The van der Waals surface area contributed by atoms with Gasteiger partial charge in [-0.05, 0) is 30.2 Å². The van der Waals surface area contributed by atoms with Crippen molar-refractivity contribution in [1.82, 2.24) is 4.90 Å². The fourth-order valence-corrected chi connectivity index (χ4v) is 2.15. The molecule has 1 aliphatic heterocycles.